The van der Waals surface area contributed by atoms with E-state index in [4.69, 9.17) is 20.9 Å². The molecule has 0 unspecified atom stereocenters. The molecular weight excluding hydrogens is 170 g/mol. The second kappa shape index (κ2) is 3.10. The molecule has 1 aliphatic rings. The molecule has 70 valence electrons. The molecule has 1 aromatic heterocycles. The van der Waals surface area contributed by atoms with Crippen molar-refractivity contribution in [2.75, 3.05) is 24.7 Å². The molecule has 0 amide bonds. The van der Waals surface area contributed by atoms with Gasteiger partial charge in [-0.15, -0.1) is 0 Å². The highest BCUT2D eigenvalue weighted by atomic mass is 16.6. The molecule has 0 aliphatic carbocycles. The fraction of sp³-hybridized carbons (Fsp3) is 0.375. The van der Waals surface area contributed by atoms with Crippen molar-refractivity contribution in [3.8, 4) is 5.88 Å². The first-order valence-electron chi connectivity index (χ1n) is 4.01. The number of aromatic nitrogens is 1. The Labute approximate surface area is 75.6 Å². The van der Waals surface area contributed by atoms with Gasteiger partial charge in [-0.1, -0.05) is 0 Å². The number of anilines is 2. The molecule has 5 heteroatoms. The topological polar surface area (TPSA) is 83.4 Å². The van der Waals surface area contributed by atoms with Gasteiger partial charge < -0.3 is 20.9 Å². The predicted molar refractivity (Wildman–Crippen MR) is 48.3 cm³/mol. The minimum Gasteiger partial charge on any atom is -0.468 e. The van der Waals surface area contributed by atoms with E-state index in [-0.39, 0.29) is 6.10 Å². The number of pyridine rings is 1. The number of hydrogen-bond acceptors (Lipinski definition) is 5. The lowest BCUT2D eigenvalue weighted by atomic mass is 10.3. The summed E-state index contributed by atoms with van der Waals surface area (Å²) in [5.41, 5.74) is 12.1. The van der Waals surface area contributed by atoms with Crippen molar-refractivity contribution >= 4 is 11.4 Å². The zero-order chi connectivity index (χ0) is 9.26. The Hall–Kier alpha value is -1.49. The van der Waals surface area contributed by atoms with Crippen molar-refractivity contribution in [2.24, 2.45) is 0 Å². The summed E-state index contributed by atoms with van der Waals surface area (Å²) in [6, 6.07) is 1.64. The van der Waals surface area contributed by atoms with E-state index < -0.39 is 0 Å². The summed E-state index contributed by atoms with van der Waals surface area (Å²) in [5, 5.41) is 0. The Morgan fingerprint density at radius 1 is 1.46 bits per heavy atom. The van der Waals surface area contributed by atoms with E-state index in [1.807, 2.05) is 0 Å². The zero-order valence-electron chi connectivity index (χ0n) is 7.06. The maximum atomic E-state index is 5.66. The van der Waals surface area contributed by atoms with E-state index in [1.165, 1.54) is 0 Å². The van der Waals surface area contributed by atoms with Crippen LogP contribution in [0.4, 0.5) is 11.4 Å². The highest BCUT2D eigenvalue weighted by molar-refractivity contribution is 5.67. The molecule has 1 aromatic rings. The molecule has 0 saturated carbocycles. The Balaban J connectivity index is 2.14. The molecular formula is C8H11N3O2. The van der Waals surface area contributed by atoms with Crippen molar-refractivity contribution in [3.05, 3.63) is 12.3 Å². The first-order valence-corrected chi connectivity index (χ1v) is 4.01. The molecule has 0 bridgehead atoms. The Bertz CT molecular complexity index is 312. The smallest absolute Gasteiger partial charge is 0.239 e. The van der Waals surface area contributed by atoms with Gasteiger partial charge in [0.25, 0.3) is 0 Å². The molecule has 1 aliphatic heterocycles. The van der Waals surface area contributed by atoms with Gasteiger partial charge in [0.15, 0.2) is 0 Å². The summed E-state index contributed by atoms with van der Waals surface area (Å²) in [7, 11) is 0. The third kappa shape index (κ3) is 1.50. The van der Waals surface area contributed by atoms with Crippen LogP contribution in [0.15, 0.2) is 12.3 Å². The van der Waals surface area contributed by atoms with Gasteiger partial charge in [-0.25, -0.2) is 4.98 Å². The number of nitrogens with zero attached hydrogens (tertiary/aromatic N) is 1. The van der Waals surface area contributed by atoms with Crippen LogP contribution in [0.2, 0.25) is 0 Å². The summed E-state index contributed by atoms with van der Waals surface area (Å²) >= 11 is 0. The first kappa shape index (κ1) is 8.12. The van der Waals surface area contributed by atoms with Gasteiger partial charge in [0.2, 0.25) is 5.88 Å². The molecule has 2 heterocycles. The molecule has 2 rings (SSSR count). The second-order valence-corrected chi connectivity index (χ2v) is 2.90. The van der Waals surface area contributed by atoms with Crippen molar-refractivity contribution in [1.29, 1.82) is 0 Å². The van der Waals surface area contributed by atoms with Crippen LogP contribution in [0.3, 0.4) is 0 Å². The molecule has 13 heavy (non-hydrogen) atoms. The number of ether oxygens (including phenoxy) is 2. The molecule has 4 N–H and O–H groups in total. The molecule has 1 fully saturated rings. The minimum absolute atomic E-state index is 0.0663. The monoisotopic (exact) mass is 181 g/mol. The van der Waals surface area contributed by atoms with E-state index in [0.29, 0.717) is 30.5 Å². The van der Waals surface area contributed by atoms with Gasteiger partial charge in [0.1, 0.15) is 11.8 Å². The minimum atomic E-state index is 0.0663. The molecule has 0 aromatic carbocycles. The van der Waals surface area contributed by atoms with Crippen LogP contribution in [0.1, 0.15) is 0 Å². The lowest BCUT2D eigenvalue weighted by Crippen LogP contribution is -2.38. The molecule has 1 saturated heterocycles. The van der Waals surface area contributed by atoms with Gasteiger partial charge in [-0.2, -0.15) is 0 Å². The van der Waals surface area contributed by atoms with Crippen molar-refractivity contribution in [3.63, 3.8) is 0 Å². The molecule has 0 spiro atoms. The zero-order valence-corrected chi connectivity index (χ0v) is 7.06. The van der Waals surface area contributed by atoms with Crippen LogP contribution in [0, 0.1) is 0 Å². The summed E-state index contributed by atoms with van der Waals surface area (Å²) < 4.78 is 10.4. The van der Waals surface area contributed by atoms with Crippen LogP contribution in [-0.2, 0) is 4.74 Å². The molecule has 5 nitrogen and oxygen atoms in total. The van der Waals surface area contributed by atoms with E-state index in [2.05, 4.69) is 4.98 Å². The van der Waals surface area contributed by atoms with Crippen molar-refractivity contribution in [1.82, 2.24) is 4.98 Å². The van der Waals surface area contributed by atoms with Crippen LogP contribution in [-0.4, -0.2) is 24.3 Å². The van der Waals surface area contributed by atoms with Gasteiger partial charge >= 0.3 is 0 Å². The largest absolute Gasteiger partial charge is 0.468 e. The Morgan fingerprint density at radius 3 is 2.85 bits per heavy atom. The van der Waals surface area contributed by atoms with Crippen LogP contribution in [0.5, 0.6) is 5.88 Å². The number of nitrogen functional groups attached to an aromatic ring is 2. The van der Waals surface area contributed by atoms with Gasteiger partial charge in [-0.05, 0) is 6.07 Å². The standard InChI is InChI=1S/C8H11N3O2/c9-6-1-2-11-8(7(6)10)13-5-3-12-4-5/h1-2,5H,3-4,10H2,(H2,9,11). The summed E-state index contributed by atoms with van der Waals surface area (Å²) in [6.45, 7) is 1.19. The Morgan fingerprint density at radius 2 is 2.23 bits per heavy atom. The van der Waals surface area contributed by atoms with E-state index in [0.717, 1.165) is 0 Å². The highest BCUT2D eigenvalue weighted by Crippen LogP contribution is 2.25. The van der Waals surface area contributed by atoms with Crippen molar-refractivity contribution < 1.29 is 9.47 Å². The molecule has 0 atom stereocenters. The van der Waals surface area contributed by atoms with Crippen LogP contribution < -0.4 is 16.2 Å². The SMILES string of the molecule is Nc1ccnc(OC2COC2)c1N. The lowest BCUT2D eigenvalue weighted by molar-refractivity contribution is -0.0809. The summed E-state index contributed by atoms with van der Waals surface area (Å²) in [4.78, 5) is 3.98. The number of hydrogen-bond donors (Lipinski definition) is 2. The quantitative estimate of drug-likeness (QED) is 0.672. The fourth-order valence-corrected chi connectivity index (χ4v) is 1.00. The number of nitrogens with two attached hydrogens (primary N) is 2. The van der Waals surface area contributed by atoms with Gasteiger partial charge in [-0.3, -0.25) is 0 Å². The highest BCUT2D eigenvalue weighted by Gasteiger charge is 2.21. The van der Waals surface area contributed by atoms with Gasteiger partial charge in [0, 0.05) is 6.20 Å². The lowest BCUT2D eigenvalue weighted by Gasteiger charge is -2.26. The third-order valence-corrected chi connectivity index (χ3v) is 1.87. The van der Waals surface area contributed by atoms with Crippen molar-refractivity contribution in [2.45, 2.75) is 6.10 Å². The van der Waals surface area contributed by atoms with Crippen LogP contribution >= 0.6 is 0 Å². The van der Waals surface area contributed by atoms with Crippen LogP contribution in [0.25, 0.3) is 0 Å². The number of rotatable bonds is 2. The Kier molecular flexibility index (Phi) is 1.94. The predicted octanol–water partition coefficient (Wildman–Crippen LogP) is 0.0236. The average molecular weight is 181 g/mol. The third-order valence-electron chi connectivity index (χ3n) is 1.87. The normalized spacial score (nSPS) is 16.6. The second-order valence-electron chi connectivity index (χ2n) is 2.90. The average Bonchev–Trinajstić information content (AvgIpc) is 2.04. The van der Waals surface area contributed by atoms with Gasteiger partial charge in [0.05, 0.1) is 18.9 Å². The maximum absolute atomic E-state index is 5.66. The maximum Gasteiger partial charge on any atom is 0.239 e. The van der Waals surface area contributed by atoms with E-state index >= 15 is 0 Å². The van der Waals surface area contributed by atoms with E-state index in [1.54, 1.807) is 12.3 Å². The van der Waals surface area contributed by atoms with E-state index in [9.17, 15) is 0 Å². The first-order chi connectivity index (χ1) is 6.27. The summed E-state index contributed by atoms with van der Waals surface area (Å²) in [6.07, 6.45) is 1.64. The molecule has 0 radical (unpaired) electrons. The summed E-state index contributed by atoms with van der Waals surface area (Å²) in [5.74, 6) is 0.397. The fourth-order valence-electron chi connectivity index (χ4n) is 1.00.